The molecule has 7 nitrogen and oxygen atoms in total. The number of benzene rings is 1. The Labute approximate surface area is 192 Å². The highest BCUT2D eigenvalue weighted by Gasteiger charge is 2.47. The monoisotopic (exact) mass is 459 g/mol. The lowest BCUT2D eigenvalue weighted by atomic mass is 9.73. The van der Waals surface area contributed by atoms with Crippen molar-refractivity contribution < 1.29 is 28.1 Å². The minimum Gasteiger partial charge on any atom is -0.493 e. The van der Waals surface area contributed by atoms with Gasteiger partial charge in [0.15, 0.2) is 23.1 Å². The molecular formula is C25H30FNO6. The number of nitrogens with zero attached hydrogens (tertiary/aromatic N) is 1. The highest BCUT2D eigenvalue weighted by Crippen LogP contribution is 2.54. The van der Waals surface area contributed by atoms with E-state index in [9.17, 15) is 9.59 Å². The quantitative estimate of drug-likeness (QED) is 0.458. The molecule has 2 atom stereocenters. The third-order valence-electron chi connectivity index (χ3n) is 6.59. The maximum absolute atomic E-state index is 15.6. The van der Waals surface area contributed by atoms with Crippen molar-refractivity contribution in [3.8, 4) is 22.8 Å². The molecule has 178 valence electrons. The van der Waals surface area contributed by atoms with E-state index >= 15 is 4.39 Å². The maximum Gasteiger partial charge on any atom is 0.228 e. The van der Waals surface area contributed by atoms with Crippen molar-refractivity contribution in [3.63, 3.8) is 0 Å². The molecular weight excluding hydrogens is 429 g/mol. The average molecular weight is 460 g/mol. The van der Waals surface area contributed by atoms with Crippen molar-refractivity contribution in [2.24, 2.45) is 0 Å². The summed E-state index contributed by atoms with van der Waals surface area (Å²) in [5.41, 5.74) is -0.113. The second kappa shape index (κ2) is 8.91. The predicted molar refractivity (Wildman–Crippen MR) is 121 cm³/mol. The van der Waals surface area contributed by atoms with Gasteiger partial charge >= 0.3 is 0 Å². The second-order valence-corrected chi connectivity index (χ2v) is 9.07. The molecule has 2 aliphatic rings. The van der Waals surface area contributed by atoms with E-state index in [0.29, 0.717) is 49.7 Å². The third kappa shape index (κ3) is 3.95. The molecule has 3 heterocycles. The molecule has 0 aliphatic carbocycles. The van der Waals surface area contributed by atoms with Crippen LogP contribution in [0.5, 0.6) is 11.5 Å². The number of pyridine rings is 1. The molecule has 1 aromatic carbocycles. The Morgan fingerprint density at radius 3 is 2.67 bits per heavy atom. The Bertz CT molecular complexity index is 1140. The van der Waals surface area contributed by atoms with E-state index in [2.05, 4.69) is 0 Å². The van der Waals surface area contributed by atoms with Gasteiger partial charge in [0.2, 0.25) is 5.43 Å². The lowest BCUT2D eigenvalue weighted by molar-refractivity contribution is -0.0979. The zero-order valence-electron chi connectivity index (χ0n) is 19.7. The fourth-order valence-electron chi connectivity index (χ4n) is 5.11. The highest BCUT2D eigenvalue weighted by atomic mass is 19.1. The number of fused-ring (bicyclic) bond motifs is 6. The zero-order valence-corrected chi connectivity index (χ0v) is 19.7. The van der Waals surface area contributed by atoms with E-state index in [4.69, 9.17) is 18.9 Å². The topological polar surface area (TPSA) is 76.0 Å². The SMILES string of the molecule is COCCCOc1cc2c(cc1OC)-c1c(F)c(=O)c(C(C)=O)cn1[C@H]1[C@@H]2CCOC1(C)C. The van der Waals surface area contributed by atoms with Crippen molar-refractivity contribution in [2.45, 2.75) is 51.2 Å². The van der Waals surface area contributed by atoms with E-state index in [1.165, 1.54) is 20.2 Å². The number of carbonyl (C=O) groups excluding carboxylic acids is 1. The first kappa shape index (κ1) is 23.4. The number of hydrogen-bond acceptors (Lipinski definition) is 6. The molecule has 4 rings (SSSR count). The van der Waals surface area contributed by atoms with Gasteiger partial charge < -0.3 is 23.5 Å². The predicted octanol–water partition coefficient (Wildman–Crippen LogP) is 4.12. The fourth-order valence-corrected chi connectivity index (χ4v) is 5.11. The summed E-state index contributed by atoms with van der Waals surface area (Å²) in [5.74, 6) is -0.426. The highest BCUT2D eigenvalue weighted by molar-refractivity contribution is 5.94. The Kier molecular flexibility index (Phi) is 6.33. The van der Waals surface area contributed by atoms with Crippen LogP contribution < -0.4 is 14.9 Å². The maximum atomic E-state index is 15.6. The number of carbonyl (C=O) groups is 1. The Balaban J connectivity index is 1.95. The van der Waals surface area contributed by atoms with Gasteiger partial charge in [0.05, 0.1) is 36.6 Å². The van der Waals surface area contributed by atoms with Crippen molar-refractivity contribution in [1.82, 2.24) is 4.57 Å². The number of hydrogen-bond donors (Lipinski definition) is 0. The first-order valence-electron chi connectivity index (χ1n) is 11.1. The van der Waals surface area contributed by atoms with Crippen LogP contribution in [0, 0.1) is 5.82 Å². The first-order valence-corrected chi connectivity index (χ1v) is 11.1. The van der Waals surface area contributed by atoms with Gasteiger partial charge in [-0.2, -0.15) is 0 Å². The smallest absolute Gasteiger partial charge is 0.228 e. The molecule has 33 heavy (non-hydrogen) atoms. The number of halogens is 1. The van der Waals surface area contributed by atoms with Gasteiger partial charge in [0.1, 0.15) is 0 Å². The van der Waals surface area contributed by atoms with E-state index in [1.54, 1.807) is 17.7 Å². The van der Waals surface area contributed by atoms with Crippen LogP contribution in [0.2, 0.25) is 0 Å². The van der Waals surface area contributed by atoms with Crippen LogP contribution in [-0.4, -0.2) is 50.0 Å². The van der Waals surface area contributed by atoms with Gasteiger partial charge in [0, 0.05) is 44.4 Å². The molecule has 8 heteroatoms. The standard InChI is InChI=1S/C25H30FNO6/c1-14(28)18-13-27-22(21(26)23(18)29)17-12-19(31-5)20(32-9-6-8-30-4)11-16(17)15-7-10-33-25(2,3)24(15)27/h11-13,15,24H,6-10H2,1-5H3/t15-,24+/m1/s1. The van der Waals surface area contributed by atoms with Gasteiger partial charge in [-0.05, 0) is 44.9 Å². The summed E-state index contributed by atoms with van der Waals surface area (Å²) in [4.78, 5) is 24.8. The fraction of sp³-hybridized carbons (Fsp3) is 0.520. The van der Waals surface area contributed by atoms with E-state index in [1.807, 2.05) is 19.9 Å². The summed E-state index contributed by atoms with van der Waals surface area (Å²) in [6.07, 6.45) is 2.91. The summed E-state index contributed by atoms with van der Waals surface area (Å²) in [5, 5.41) is 0. The summed E-state index contributed by atoms with van der Waals surface area (Å²) < 4.78 is 40.0. The van der Waals surface area contributed by atoms with Crippen LogP contribution in [0.4, 0.5) is 4.39 Å². The molecule has 0 radical (unpaired) electrons. The summed E-state index contributed by atoms with van der Waals surface area (Å²) in [6.45, 7) is 6.74. The van der Waals surface area contributed by atoms with Gasteiger partial charge in [-0.25, -0.2) is 4.39 Å². The summed E-state index contributed by atoms with van der Waals surface area (Å²) in [6, 6.07) is 3.31. The largest absolute Gasteiger partial charge is 0.493 e. The van der Waals surface area contributed by atoms with Gasteiger partial charge in [-0.15, -0.1) is 0 Å². The number of ketones is 1. The van der Waals surface area contributed by atoms with E-state index in [-0.39, 0.29) is 23.2 Å². The van der Waals surface area contributed by atoms with Crippen LogP contribution in [0.1, 0.15) is 61.5 Å². The Morgan fingerprint density at radius 1 is 1.24 bits per heavy atom. The van der Waals surface area contributed by atoms with Crippen LogP contribution in [0.15, 0.2) is 23.1 Å². The van der Waals surface area contributed by atoms with Crippen molar-refractivity contribution >= 4 is 5.78 Å². The van der Waals surface area contributed by atoms with Crippen LogP contribution in [0.25, 0.3) is 11.3 Å². The molecule has 1 fully saturated rings. The minimum atomic E-state index is -0.945. The summed E-state index contributed by atoms with van der Waals surface area (Å²) >= 11 is 0. The van der Waals surface area contributed by atoms with Crippen molar-refractivity contribution in [3.05, 3.63) is 45.5 Å². The number of Topliss-reactive ketones (excluding diaryl/α,β-unsaturated/α-hetero) is 1. The van der Waals surface area contributed by atoms with E-state index < -0.39 is 22.6 Å². The van der Waals surface area contributed by atoms with E-state index in [0.717, 1.165) is 5.56 Å². The van der Waals surface area contributed by atoms with Crippen LogP contribution in [0.3, 0.4) is 0 Å². The van der Waals surface area contributed by atoms with Gasteiger partial charge in [-0.1, -0.05) is 0 Å². The third-order valence-corrected chi connectivity index (χ3v) is 6.59. The molecule has 0 amide bonds. The molecule has 2 aromatic rings. The molecule has 0 N–H and O–H groups in total. The normalized spacial score (nSPS) is 20.4. The zero-order chi connectivity index (χ0) is 23.9. The lowest BCUT2D eigenvalue weighted by Crippen LogP contribution is -2.47. The molecule has 1 aromatic heterocycles. The van der Waals surface area contributed by atoms with Crippen LogP contribution in [-0.2, 0) is 9.47 Å². The lowest BCUT2D eigenvalue weighted by Gasteiger charge is -2.49. The van der Waals surface area contributed by atoms with Gasteiger partial charge in [-0.3, -0.25) is 9.59 Å². The first-order chi connectivity index (χ1) is 15.7. The Hall–Kier alpha value is -2.71. The summed E-state index contributed by atoms with van der Waals surface area (Å²) in [7, 11) is 3.16. The number of aromatic nitrogens is 1. The minimum absolute atomic E-state index is 0.0230. The average Bonchev–Trinajstić information content (AvgIpc) is 2.77. The second-order valence-electron chi connectivity index (χ2n) is 9.07. The van der Waals surface area contributed by atoms with Crippen molar-refractivity contribution in [1.29, 1.82) is 0 Å². The molecule has 2 aliphatic heterocycles. The van der Waals surface area contributed by atoms with Crippen LogP contribution >= 0.6 is 0 Å². The molecule has 0 spiro atoms. The molecule has 1 saturated heterocycles. The molecule has 0 unspecified atom stereocenters. The number of methoxy groups -OCH3 is 2. The molecule has 0 bridgehead atoms. The van der Waals surface area contributed by atoms with Crippen molar-refractivity contribution in [2.75, 3.05) is 34.0 Å². The Morgan fingerprint density at radius 2 is 2.00 bits per heavy atom. The molecule has 0 saturated carbocycles. The number of rotatable bonds is 7. The number of ether oxygens (including phenoxy) is 4. The van der Waals surface area contributed by atoms with Gasteiger partial charge in [0.25, 0.3) is 0 Å².